The van der Waals surface area contributed by atoms with Crippen LogP contribution in [0.2, 0.25) is 13.1 Å². The minimum absolute atomic E-state index is 0.0217. The van der Waals surface area contributed by atoms with Crippen molar-refractivity contribution >= 4 is 99.0 Å². The molecule has 0 radical (unpaired) electrons. The summed E-state index contributed by atoms with van der Waals surface area (Å²) in [5.41, 5.74) is 18.3. The summed E-state index contributed by atoms with van der Waals surface area (Å²) >= 11 is 5.62. The molecule has 8 aromatic rings. The second kappa shape index (κ2) is 19.2. The topological polar surface area (TPSA) is 0 Å². The number of halogens is 4. The molecule has 0 spiro atoms. The zero-order chi connectivity index (χ0) is 48.8. The molecule has 353 valence electrons. The average molecular weight is 1310 g/mol. The van der Waals surface area contributed by atoms with Crippen molar-refractivity contribution in [2.75, 3.05) is 12.3 Å². The van der Waals surface area contributed by atoms with Gasteiger partial charge in [-0.15, -0.1) is 0 Å². The summed E-state index contributed by atoms with van der Waals surface area (Å²) in [6.07, 6.45) is 7.11. The first kappa shape index (κ1) is 50.8. The van der Waals surface area contributed by atoms with E-state index in [4.69, 9.17) is 0 Å². The summed E-state index contributed by atoms with van der Waals surface area (Å²) in [4.78, 5) is 0. The summed E-state index contributed by atoms with van der Waals surface area (Å²) in [6, 6.07) is 76.6. The maximum atomic E-state index is 9.21. The van der Waals surface area contributed by atoms with Gasteiger partial charge in [-0.05, 0) is 0 Å². The normalized spacial score (nSPS) is 17.4. The summed E-state index contributed by atoms with van der Waals surface area (Å²) in [5.74, 6) is -1.24. The fraction of sp³-hybridized carbons (Fsp3) is 0.161. The van der Waals surface area contributed by atoms with Crippen molar-refractivity contribution in [1.29, 1.82) is 0 Å². The molecular formula is C62H61Cl2I2P2SiZr+2. The van der Waals surface area contributed by atoms with Crippen LogP contribution in [0.15, 0.2) is 217 Å². The molecule has 0 bridgehead atoms. The van der Waals surface area contributed by atoms with Crippen LogP contribution in [0.3, 0.4) is 0 Å². The van der Waals surface area contributed by atoms with Crippen LogP contribution in [0.25, 0.3) is 34.4 Å². The number of fused-ring (bicyclic) bond motifs is 2. The van der Waals surface area contributed by atoms with E-state index in [-0.39, 0.29) is 24.4 Å². The van der Waals surface area contributed by atoms with Crippen LogP contribution in [-0.4, -0.2) is 18.2 Å². The Kier molecular flexibility index (Phi) is 13.9. The zero-order valence-electron chi connectivity index (χ0n) is 40.3. The molecule has 2 aliphatic rings. The number of benzene rings is 8. The van der Waals surface area contributed by atoms with Crippen molar-refractivity contribution in [3.8, 4) is 22.3 Å². The van der Waals surface area contributed by atoms with E-state index in [1.807, 2.05) is 0 Å². The molecule has 70 heavy (non-hydrogen) atoms. The molecule has 4 atom stereocenters. The SMILES string of the molecule is CC1=Cc2c(-c3cccc([PH2+]CC(c4ccccc4)c4ccccc4)c3)cccc2[CH]1[Zr]([Cl])([Cl])([I])([I])([CH]1C(C)=Cc2c(-c3cccc([PH2+]CC(c4ccccc4)c4ccccc4)c3)cccc21)[SiH](C)C. The first-order valence-electron chi connectivity index (χ1n) is 24.7. The van der Waals surface area contributed by atoms with Crippen molar-refractivity contribution in [2.24, 2.45) is 0 Å². The Hall–Kier alpha value is -2.76. The predicted molar refractivity (Wildman–Crippen MR) is 333 cm³/mol. The van der Waals surface area contributed by atoms with Crippen molar-refractivity contribution in [2.45, 2.75) is 46.0 Å². The van der Waals surface area contributed by atoms with Crippen LogP contribution in [0.5, 0.6) is 0 Å². The average Bonchev–Trinajstić information content (AvgIpc) is 3.93. The molecule has 0 heterocycles. The van der Waals surface area contributed by atoms with Crippen molar-refractivity contribution in [1.82, 2.24) is 0 Å². The molecule has 2 aliphatic carbocycles. The molecule has 4 unspecified atom stereocenters. The molecule has 0 saturated heterocycles. The van der Waals surface area contributed by atoms with Gasteiger partial charge in [-0.1, -0.05) is 72.8 Å². The third-order valence-electron chi connectivity index (χ3n) is 16.0. The van der Waals surface area contributed by atoms with Crippen LogP contribution in [-0.2, 0) is 4.21 Å². The summed E-state index contributed by atoms with van der Waals surface area (Å²) in [5, 5.41) is 2.86. The van der Waals surface area contributed by atoms with Gasteiger partial charge < -0.3 is 0 Å². The van der Waals surface area contributed by atoms with E-state index in [1.54, 1.807) is 0 Å². The first-order valence-corrected chi connectivity index (χ1v) is 58.4. The molecule has 0 amide bonds. The molecule has 0 fully saturated rings. The van der Waals surface area contributed by atoms with Gasteiger partial charge in [0.05, 0.1) is 0 Å². The Balaban J connectivity index is 0.984. The van der Waals surface area contributed by atoms with Gasteiger partial charge in [-0.2, -0.15) is 0 Å². The first-order chi connectivity index (χ1) is 33.6. The molecule has 8 heteroatoms. The van der Waals surface area contributed by atoms with Crippen LogP contribution in [0, 0.1) is 0 Å². The monoisotopic (exact) mass is 1310 g/mol. The van der Waals surface area contributed by atoms with Crippen LogP contribution in [0.1, 0.15) is 77.4 Å². The van der Waals surface area contributed by atoms with Gasteiger partial charge in [0.1, 0.15) is 0 Å². The van der Waals surface area contributed by atoms with Crippen molar-refractivity contribution in [3.05, 3.63) is 262 Å². The summed E-state index contributed by atoms with van der Waals surface area (Å²) in [6.45, 7) is 9.51. The second-order valence-corrected chi connectivity index (χ2v) is 161. The minimum atomic E-state index is -6.22. The predicted octanol–water partition coefficient (Wildman–Crippen LogP) is 18.1. The molecule has 8 aromatic carbocycles. The van der Waals surface area contributed by atoms with Crippen LogP contribution < -0.4 is 10.6 Å². The molecule has 0 N–H and O–H groups in total. The van der Waals surface area contributed by atoms with Gasteiger partial charge in [0.25, 0.3) is 0 Å². The van der Waals surface area contributed by atoms with Gasteiger partial charge in [-0.3, -0.25) is 0 Å². The quantitative estimate of drug-likeness (QED) is 0.0545. The fourth-order valence-electron chi connectivity index (χ4n) is 12.3. The number of hydrogen-bond acceptors (Lipinski definition) is 0. The van der Waals surface area contributed by atoms with E-state index in [0.717, 1.165) is 12.3 Å². The Morgan fingerprint density at radius 3 is 1.11 bits per heavy atom. The Morgan fingerprint density at radius 2 is 0.786 bits per heavy atom. The van der Waals surface area contributed by atoms with Crippen molar-refractivity contribution < 1.29 is 4.21 Å². The van der Waals surface area contributed by atoms with E-state index in [9.17, 15) is 17.0 Å². The van der Waals surface area contributed by atoms with Gasteiger partial charge in [0, 0.05) is 0 Å². The fourth-order valence-corrected chi connectivity index (χ4v) is 70.9. The Labute approximate surface area is 440 Å². The zero-order valence-corrected chi connectivity index (χ0v) is 52.0. The molecular weight excluding hydrogens is 1250 g/mol. The van der Waals surface area contributed by atoms with E-state index < -0.39 is 10.1 Å². The standard InChI is InChI=1S/2C30H26P.C2H7Si.2ClH.2HI.Zr/c2*1-22-18-25-15-9-17-28(29(25)19-22)26-14-8-16-27(20-26)31-21-30(23-10-4-2-5-11-23)24-12-6-3-7-13-24;1-3-2;;;;;/h2*2-20,30-31H,21H2,1H3;3H,1-2H3;4*1H;/q;;;;;;;+4/p-2. The van der Waals surface area contributed by atoms with Crippen LogP contribution >= 0.6 is 70.3 Å². The molecule has 0 saturated carbocycles. The van der Waals surface area contributed by atoms with E-state index in [1.165, 1.54) is 88.5 Å². The van der Waals surface area contributed by atoms with E-state index >= 15 is 0 Å². The third kappa shape index (κ3) is 9.18. The molecule has 10 rings (SSSR count). The van der Waals surface area contributed by atoms with Gasteiger partial charge in [0.15, 0.2) is 0 Å². The summed E-state index contributed by atoms with van der Waals surface area (Å²) < 4.78 is -6.43. The Bertz CT molecular complexity index is 3030. The number of hydrogen-bond donors (Lipinski definition) is 0. The molecule has 0 aromatic heterocycles. The second-order valence-electron chi connectivity index (χ2n) is 20.5. The summed E-state index contributed by atoms with van der Waals surface area (Å²) in [7, 11) is 18.5. The van der Waals surface area contributed by atoms with Crippen molar-refractivity contribution in [3.63, 3.8) is 0 Å². The van der Waals surface area contributed by atoms with Gasteiger partial charge in [-0.25, -0.2) is 0 Å². The maximum absolute atomic E-state index is 9.21. The van der Waals surface area contributed by atoms with Gasteiger partial charge >= 0.3 is 373 Å². The van der Waals surface area contributed by atoms with E-state index in [0.29, 0.717) is 11.8 Å². The number of rotatable bonds is 15. The third-order valence-corrected chi connectivity index (χ3v) is 140. The Morgan fingerprint density at radius 1 is 0.457 bits per heavy atom. The van der Waals surface area contributed by atoms with Crippen LogP contribution in [0.4, 0.5) is 0 Å². The number of allylic oxidation sites excluding steroid dienone is 2. The molecule has 0 nitrogen and oxygen atoms in total. The van der Waals surface area contributed by atoms with E-state index in [2.05, 4.69) is 281 Å². The van der Waals surface area contributed by atoms with Gasteiger partial charge in [0.2, 0.25) is 0 Å². The molecule has 0 aliphatic heterocycles.